The van der Waals surface area contributed by atoms with Crippen molar-refractivity contribution in [3.63, 3.8) is 0 Å². The summed E-state index contributed by atoms with van der Waals surface area (Å²) < 4.78 is 14.1. The van der Waals surface area contributed by atoms with Gasteiger partial charge in [-0.15, -0.1) is 0 Å². The smallest absolute Gasteiger partial charge is 0.251 e. The van der Waals surface area contributed by atoms with Gasteiger partial charge >= 0.3 is 0 Å². The van der Waals surface area contributed by atoms with E-state index in [9.17, 15) is 14.0 Å². The SMILES string of the molecule is CC(C)CC(=O)Nc1ccc(C(=O)NCCN2CCNCC2)cc1F. The zero-order chi connectivity index (χ0) is 18.2. The molecule has 1 aromatic carbocycles. The molecule has 6 nitrogen and oxygen atoms in total. The van der Waals surface area contributed by atoms with Crippen molar-refractivity contribution in [1.29, 1.82) is 0 Å². The maximum Gasteiger partial charge on any atom is 0.251 e. The molecule has 2 rings (SSSR count). The minimum Gasteiger partial charge on any atom is -0.351 e. The summed E-state index contributed by atoms with van der Waals surface area (Å²) in [7, 11) is 0. The number of carbonyl (C=O) groups excluding carboxylic acids is 2. The Balaban J connectivity index is 1.83. The van der Waals surface area contributed by atoms with Crippen molar-refractivity contribution in [2.45, 2.75) is 20.3 Å². The van der Waals surface area contributed by atoms with E-state index in [4.69, 9.17) is 0 Å². The van der Waals surface area contributed by atoms with E-state index in [-0.39, 0.29) is 29.0 Å². The Kier molecular flexibility index (Phi) is 7.33. The minimum atomic E-state index is -0.605. The summed E-state index contributed by atoms with van der Waals surface area (Å²) in [6, 6.07) is 4.11. The molecule has 0 radical (unpaired) electrons. The Morgan fingerprint density at radius 2 is 2.00 bits per heavy atom. The molecule has 2 amide bonds. The molecule has 0 bridgehead atoms. The van der Waals surface area contributed by atoms with Gasteiger partial charge in [-0.05, 0) is 24.1 Å². The molecule has 1 aromatic rings. The van der Waals surface area contributed by atoms with E-state index in [2.05, 4.69) is 20.9 Å². The van der Waals surface area contributed by atoms with Crippen molar-refractivity contribution in [2.75, 3.05) is 44.6 Å². The van der Waals surface area contributed by atoms with E-state index in [1.807, 2.05) is 13.8 Å². The summed E-state index contributed by atoms with van der Waals surface area (Å²) in [6.07, 6.45) is 0.327. The minimum absolute atomic E-state index is 0.100. The lowest BCUT2D eigenvalue weighted by Crippen LogP contribution is -2.46. The third kappa shape index (κ3) is 6.43. The molecule has 0 unspecified atom stereocenters. The van der Waals surface area contributed by atoms with E-state index in [1.165, 1.54) is 12.1 Å². The highest BCUT2D eigenvalue weighted by atomic mass is 19.1. The van der Waals surface area contributed by atoms with Gasteiger partial charge in [0, 0.05) is 51.3 Å². The van der Waals surface area contributed by atoms with Crippen LogP contribution < -0.4 is 16.0 Å². The number of nitrogens with zero attached hydrogens (tertiary/aromatic N) is 1. The Bertz CT molecular complexity index is 601. The molecular weight excluding hydrogens is 323 g/mol. The quantitative estimate of drug-likeness (QED) is 0.696. The average Bonchev–Trinajstić information content (AvgIpc) is 2.57. The summed E-state index contributed by atoms with van der Waals surface area (Å²) in [6.45, 7) is 9.00. The van der Waals surface area contributed by atoms with Crippen molar-refractivity contribution < 1.29 is 14.0 Å². The van der Waals surface area contributed by atoms with Crippen molar-refractivity contribution in [3.05, 3.63) is 29.6 Å². The number of carbonyl (C=O) groups is 2. The van der Waals surface area contributed by atoms with Crippen LogP contribution in [-0.2, 0) is 4.79 Å². The van der Waals surface area contributed by atoms with Gasteiger partial charge in [0.1, 0.15) is 5.82 Å². The number of nitrogens with one attached hydrogen (secondary N) is 3. The van der Waals surface area contributed by atoms with Crippen LogP contribution in [0.1, 0.15) is 30.6 Å². The number of anilines is 1. The fraction of sp³-hybridized carbons (Fsp3) is 0.556. The first-order valence-corrected chi connectivity index (χ1v) is 8.76. The molecule has 7 heteroatoms. The molecule has 1 aliphatic heterocycles. The Labute approximate surface area is 148 Å². The van der Waals surface area contributed by atoms with Gasteiger partial charge in [0.05, 0.1) is 5.69 Å². The molecule has 0 spiro atoms. The first-order chi connectivity index (χ1) is 12.0. The number of halogens is 1. The molecule has 0 atom stereocenters. The van der Waals surface area contributed by atoms with Crippen LogP contribution in [0.3, 0.4) is 0 Å². The van der Waals surface area contributed by atoms with Crippen LogP contribution in [0.4, 0.5) is 10.1 Å². The van der Waals surface area contributed by atoms with E-state index < -0.39 is 5.82 Å². The molecule has 0 aliphatic carbocycles. The Morgan fingerprint density at radius 1 is 1.28 bits per heavy atom. The number of hydrogen-bond donors (Lipinski definition) is 3. The summed E-state index contributed by atoms with van der Waals surface area (Å²) in [5.41, 5.74) is 0.350. The summed E-state index contributed by atoms with van der Waals surface area (Å²) >= 11 is 0. The fourth-order valence-electron chi connectivity index (χ4n) is 2.69. The largest absolute Gasteiger partial charge is 0.351 e. The fourth-order valence-corrected chi connectivity index (χ4v) is 2.69. The topological polar surface area (TPSA) is 73.5 Å². The van der Waals surface area contributed by atoms with Crippen LogP contribution in [0.25, 0.3) is 0 Å². The Hall–Kier alpha value is -1.99. The molecule has 0 aromatic heterocycles. The van der Waals surface area contributed by atoms with Gasteiger partial charge in [-0.25, -0.2) is 4.39 Å². The molecule has 0 saturated carbocycles. The number of hydrogen-bond acceptors (Lipinski definition) is 4. The van der Waals surface area contributed by atoms with Crippen LogP contribution >= 0.6 is 0 Å². The predicted molar refractivity (Wildman–Crippen MR) is 96.1 cm³/mol. The molecule has 3 N–H and O–H groups in total. The van der Waals surface area contributed by atoms with E-state index in [1.54, 1.807) is 0 Å². The highest BCUT2D eigenvalue weighted by Gasteiger charge is 2.13. The maximum atomic E-state index is 14.1. The molecule has 138 valence electrons. The lowest BCUT2D eigenvalue weighted by Gasteiger charge is -2.27. The van der Waals surface area contributed by atoms with Gasteiger partial charge in [-0.3, -0.25) is 14.5 Å². The van der Waals surface area contributed by atoms with E-state index in [0.29, 0.717) is 13.0 Å². The number of piperazine rings is 1. The highest BCUT2D eigenvalue weighted by Crippen LogP contribution is 2.16. The first-order valence-electron chi connectivity index (χ1n) is 8.76. The molecule has 1 heterocycles. The van der Waals surface area contributed by atoms with Gasteiger partial charge in [-0.1, -0.05) is 13.8 Å². The lowest BCUT2D eigenvalue weighted by molar-refractivity contribution is -0.116. The first kappa shape index (κ1) is 19.3. The zero-order valence-electron chi connectivity index (χ0n) is 14.9. The lowest BCUT2D eigenvalue weighted by atomic mass is 10.1. The predicted octanol–water partition coefficient (Wildman–Crippen LogP) is 1.45. The van der Waals surface area contributed by atoms with Crippen molar-refractivity contribution >= 4 is 17.5 Å². The Morgan fingerprint density at radius 3 is 2.64 bits per heavy atom. The third-order valence-electron chi connectivity index (χ3n) is 4.02. The summed E-state index contributed by atoms with van der Waals surface area (Å²) in [5, 5.41) is 8.61. The van der Waals surface area contributed by atoms with Crippen LogP contribution in [-0.4, -0.2) is 56.0 Å². The normalized spacial score (nSPS) is 15.2. The number of amides is 2. The van der Waals surface area contributed by atoms with Crippen LogP contribution in [0, 0.1) is 11.7 Å². The second-order valence-electron chi connectivity index (χ2n) is 6.69. The van der Waals surface area contributed by atoms with Gasteiger partial charge in [0.2, 0.25) is 5.91 Å². The van der Waals surface area contributed by atoms with Gasteiger partial charge in [-0.2, -0.15) is 0 Å². The monoisotopic (exact) mass is 350 g/mol. The van der Waals surface area contributed by atoms with Gasteiger partial charge in [0.15, 0.2) is 0 Å². The molecular formula is C18H27FN4O2. The van der Waals surface area contributed by atoms with Crippen molar-refractivity contribution in [3.8, 4) is 0 Å². The second-order valence-corrected chi connectivity index (χ2v) is 6.69. The second kappa shape index (κ2) is 9.48. The molecule has 1 aliphatic rings. The van der Waals surface area contributed by atoms with E-state index in [0.717, 1.165) is 38.8 Å². The zero-order valence-corrected chi connectivity index (χ0v) is 14.9. The molecule has 1 saturated heterocycles. The summed E-state index contributed by atoms with van der Waals surface area (Å²) in [4.78, 5) is 26.1. The average molecular weight is 350 g/mol. The van der Waals surface area contributed by atoms with Gasteiger partial charge < -0.3 is 16.0 Å². The standard InChI is InChI=1S/C18H27FN4O2/c1-13(2)11-17(24)22-16-4-3-14(12-15(16)19)18(25)21-7-10-23-8-5-20-6-9-23/h3-4,12-13,20H,5-11H2,1-2H3,(H,21,25)(H,22,24). The van der Waals surface area contributed by atoms with Crippen LogP contribution in [0.2, 0.25) is 0 Å². The van der Waals surface area contributed by atoms with Crippen molar-refractivity contribution in [1.82, 2.24) is 15.5 Å². The number of rotatable bonds is 7. The molecule has 25 heavy (non-hydrogen) atoms. The highest BCUT2D eigenvalue weighted by molar-refractivity contribution is 5.96. The summed E-state index contributed by atoms with van der Waals surface area (Å²) in [5.74, 6) is -0.952. The molecule has 1 fully saturated rings. The number of benzene rings is 1. The van der Waals surface area contributed by atoms with Crippen LogP contribution in [0.15, 0.2) is 18.2 Å². The van der Waals surface area contributed by atoms with Crippen molar-refractivity contribution in [2.24, 2.45) is 5.92 Å². The van der Waals surface area contributed by atoms with Crippen LogP contribution in [0.5, 0.6) is 0 Å². The maximum absolute atomic E-state index is 14.1. The van der Waals surface area contributed by atoms with Gasteiger partial charge in [0.25, 0.3) is 5.91 Å². The third-order valence-corrected chi connectivity index (χ3v) is 4.02. The van der Waals surface area contributed by atoms with E-state index >= 15 is 0 Å².